The summed E-state index contributed by atoms with van der Waals surface area (Å²) in [5.41, 5.74) is 2.74. The van der Waals surface area contributed by atoms with Crippen LogP contribution in [0.2, 0.25) is 0 Å². The normalized spacial score (nSPS) is 14.9. The van der Waals surface area contributed by atoms with Crippen LogP contribution in [0.1, 0.15) is 28.2 Å². The van der Waals surface area contributed by atoms with Gasteiger partial charge in [-0.2, -0.15) is 0 Å². The number of aromatic nitrogens is 4. The van der Waals surface area contributed by atoms with Crippen molar-refractivity contribution in [1.82, 2.24) is 29.6 Å². The number of likely N-dealkylation sites (N-methyl/N-ethyl adjacent to an activating group) is 1. The smallest absolute Gasteiger partial charge is 0.258 e. The van der Waals surface area contributed by atoms with Crippen molar-refractivity contribution in [3.8, 4) is 0 Å². The van der Waals surface area contributed by atoms with Crippen LogP contribution in [0.4, 0.5) is 5.82 Å². The summed E-state index contributed by atoms with van der Waals surface area (Å²) < 4.78 is 2.95. The maximum atomic E-state index is 13.7. The van der Waals surface area contributed by atoms with Gasteiger partial charge in [-0.05, 0) is 51.2 Å². The molecule has 1 aromatic carbocycles. The molecule has 0 atom stereocenters. The number of nitrogens with one attached hydrogen (secondary N) is 1. The van der Waals surface area contributed by atoms with E-state index in [1.807, 2.05) is 47.7 Å². The Morgan fingerprint density at radius 3 is 2.76 bits per heavy atom. The molecule has 0 unspecified atom stereocenters. The van der Waals surface area contributed by atoms with Crippen LogP contribution < -0.4 is 15.6 Å². The van der Waals surface area contributed by atoms with Crippen LogP contribution in [-0.2, 0) is 6.54 Å². The van der Waals surface area contributed by atoms with Gasteiger partial charge < -0.3 is 15.1 Å². The first kappa shape index (κ1) is 23.5. The third-order valence-corrected chi connectivity index (χ3v) is 7.95. The Balaban J connectivity index is 1.49. The molecule has 1 amide bonds. The molecule has 9 nitrogen and oxygen atoms in total. The van der Waals surface area contributed by atoms with Crippen molar-refractivity contribution < 1.29 is 4.79 Å². The first-order valence-electron chi connectivity index (χ1n) is 12.4. The number of amides is 1. The number of hydrogen-bond donors (Lipinski definition) is 1. The molecular formula is C27H27N7O2S. The molecule has 0 aliphatic carbocycles. The first-order chi connectivity index (χ1) is 18.0. The van der Waals surface area contributed by atoms with E-state index in [0.29, 0.717) is 21.6 Å². The van der Waals surface area contributed by atoms with Crippen LogP contribution >= 0.6 is 11.3 Å². The topological polar surface area (TPSA) is 95.7 Å². The van der Waals surface area contributed by atoms with E-state index in [9.17, 15) is 9.59 Å². The molecule has 0 radical (unpaired) electrons. The lowest BCUT2D eigenvalue weighted by atomic mass is 10.1. The number of pyridine rings is 2. The number of hydrogen-bond acceptors (Lipinski definition) is 8. The minimum atomic E-state index is -0.432. The molecule has 4 aromatic heterocycles. The number of anilines is 1. The molecule has 1 saturated heterocycles. The molecule has 1 fully saturated rings. The van der Waals surface area contributed by atoms with Crippen molar-refractivity contribution in [1.29, 1.82) is 0 Å². The molecule has 1 N–H and O–H groups in total. The summed E-state index contributed by atoms with van der Waals surface area (Å²) in [5.74, 6) is 0.416. The van der Waals surface area contributed by atoms with E-state index in [1.54, 1.807) is 12.4 Å². The molecule has 1 aliphatic rings. The number of carbonyl (C=O) groups is 1. The summed E-state index contributed by atoms with van der Waals surface area (Å²) in [6.45, 7) is 5.83. The number of benzene rings is 1. The number of carbonyl (C=O) groups excluding carboxylic acids is 1. The number of thiazole rings is 1. The predicted octanol–water partition coefficient (Wildman–Crippen LogP) is 3.23. The number of nitrogens with zero attached hydrogens (tertiary/aromatic N) is 6. The van der Waals surface area contributed by atoms with E-state index in [4.69, 9.17) is 4.98 Å². The molecule has 5 heterocycles. The minimum Gasteiger partial charge on any atom is -0.355 e. The predicted molar refractivity (Wildman–Crippen MR) is 147 cm³/mol. The zero-order valence-corrected chi connectivity index (χ0v) is 21.6. The maximum Gasteiger partial charge on any atom is 0.258 e. The molecule has 0 spiro atoms. The second-order valence-corrected chi connectivity index (χ2v) is 10.5. The quantitative estimate of drug-likeness (QED) is 0.394. The van der Waals surface area contributed by atoms with Gasteiger partial charge >= 0.3 is 0 Å². The van der Waals surface area contributed by atoms with Gasteiger partial charge in [0.15, 0.2) is 5.65 Å². The average Bonchev–Trinajstić information content (AvgIpc) is 3.15. The van der Waals surface area contributed by atoms with Crippen molar-refractivity contribution >= 4 is 49.1 Å². The second kappa shape index (κ2) is 9.53. The van der Waals surface area contributed by atoms with Gasteiger partial charge in [0.05, 0.1) is 39.7 Å². The molecule has 0 bridgehead atoms. The standard InChI is InChI=1S/C27H27N7O2S/c1-17-14-29-18(15-28-17)16-30-26(36)23-24(35)19-8-9-22(33-11-5-10-32(2)12-13-33)31-25(19)34-20-6-3-4-7-21(20)37-27(23)34/h3-4,6-9,14-15H,5,10-13,16H2,1-2H3,(H,30,36). The summed E-state index contributed by atoms with van der Waals surface area (Å²) in [6, 6.07) is 11.6. The van der Waals surface area contributed by atoms with Crippen LogP contribution in [0.3, 0.4) is 0 Å². The van der Waals surface area contributed by atoms with E-state index >= 15 is 0 Å². The van der Waals surface area contributed by atoms with Crippen molar-refractivity contribution in [2.45, 2.75) is 19.9 Å². The van der Waals surface area contributed by atoms with Gasteiger partial charge in [-0.15, -0.1) is 11.3 Å². The number of fused-ring (bicyclic) bond motifs is 5. The molecule has 1 aliphatic heterocycles. The Hall–Kier alpha value is -3.89. The number of aryl methyl sites for hydroxylation is 1. The van der Waals surface area contributed by atoms with E-state index < -0.39 is 5.91 Å². The summed E-state index contributed by atoms with van der Waals surface area (Å²) in [7, 11) is 2.13. The van der Waals surface area contributed by atoms with Crippen LogP contribution in [0.25, 0.3) is 26.1 Å². The molecular weight excluding hydrogens is 486 g/mol. The number of rotatable bonds is 4. The van der Waals surface area contributed by atoms with E-state index in [2.05, 4.69) is 32.1 Å². The first-order valence-corrected chi connectivity index (χ1v) is 13.2. The minimum absolute atomic E-state index is 0.125. The van der Waals surface area contributed by atoms with E-state index in [-0.39, 0.29) is 17.5 Å². The third kappa shape index (κ3) is 4.32. The Morgan fingerprint density at radius 2 is 1.92 bits per heavy atom. The van der Waals surface area contributed by atoms with Gasteiger partial charge in [-0.1, -0.05) is 12.1 Å². The lowest BCUT2D eigenvalue weighted by molar-refractivity contribution is 0.0951. The Kier molecular flexibility index (Phi) is 6.05. The Bertz CT molecular complexity index is 1690. The Morgan fingerprint density at radius 1 is 1.05 bits per heavy atom. The van der Waals surface area contributed by atoms with Crippen LogP contribution in [-0.4, -0.2) is 63.4 Å². The zero-order chi connectivity index (χ0) is 25.5. The monoisotopic (exact) mass is 513 g/mol. The van der Waals surface area contributed by atoms with Crippen molar-refractivity contribution in [2.75, 3.05) is 38.1 Å². The fraction of sp³-hybridized carbons (Fsp3) is 0.296. The summed E-state index contributed by atoms with van der Waals surface area (Å²) in [4.78, 5) is 45.9. The van der Waals surface area contributed by atoms with Crippen LogP contribution in [0.15, 0.2) is 53.6 Å². The van der Waals surface area contributed by atoms with E-state index in [1.165, 1.54) is 11.3 Å². The maximum absolute atomic E-state index is 13.7. The molecule has 0 saturated carbocycles. The summed E-state index contributed by atoms with van der Waals surface area (Å²) in [5, 5.41) is 3.30. The fourth-order valence-electron chi connectivity index (χ4n) is 4.80. The van der Waals surface area contributed by atoms with Gasteiger partial charge in [-0.3, -0.25) is 24.0 Å². The van der Waals surface area contributed by atoms with Gasteiger partial charge in [0.1, 0.15) is 16.2 Å². The fourth-order valence-corrected chi connectivity index (χ4v) is 5.98. The van der Waals surface area contributed by atoms with Crippen LogP contribution in [0.5, 0.6) is 0 Å². The highest BCUT2D eigenvalue weighted by molar-refractivity contribution is 7.24. The lowest BCUT2D eigenvalue weighted by Crippen LogP contribution is -2.31. The molecule has 188 valence electrons. The zero-order valence-electron chi connectivity index (χ0n) is 20.8. The molecule has 37 heavy (non-hydrogen) atoms. The van der Waals surface area contributed by atoms with Crippen molar-refractivity contribution in [3.05, 3.63) is 76.0 Å². The van der Waals surface area contributed by atoms with Gasteiger partial charge in [0.25, 0.3) is 5.91 Å². The SMILES string of the molecule is Cc1cnc(CNC(=O)c2c(=O)c3ccc(N4CCCN(C)CC4)nc3n3c2sc2ccccc23)cn1. The van der Waals surface area contributed by atoms with Gasteiger partial charge in [-0.25, -0.2) is 4.98 Å². The largest absolute Gasteiger partial charge is 0.355 e. The molecule has 5 aromatic rings. The van der Waals surface area contributed by atoms with Crippen molar-refractivity contribution in [3.63, 3.8) is 0 Å². The lowest BCUT2D eigenvalue weighted by Gasteiger charge is -2.22. The molecule has 10 heteroatoms. The second-order valence-electron chi connectivity index (χ2n) is 9.43. The van der Waals surface area contributed by atoms with Crippen LogP contribution in [0, 0.1) is 6.92 Å². The summed E-state index contributed by atoms with van der Waals surface area (Å²) >= 11 is 1.43. The number of para-hydroxylation sites is 1. The van der Waals surface area contributed by atoms with Crippen molar-refractivity contribution in [2.24, 2.45) is 0 Å². The van der Waals surface area contributed by atoms with Gasteiger partial charge in [0, 0.05) is 25.8 Å². The van der Waals surface area contributed by atoms with E-state index in [0.717, 1.165) is 54.3 Å². The third-order valence-electron chi connectivity index (χ3n) is 6.81. The highest BCUT2D eigenvalue weighted by Crippen LogP contribution is 2.31. The molecule has 6 rings (SSSR count). The van der Waals surface area contributed by atoms with Gasteiger partial charge in [0.2, 0.25) is 5.43 Å². The summed E-state index contributed by atoms with van der Waals surface area (Å²) in [6.07, 6.45) is 4.34. The Labute approximate surface area is 217 Å². The highest BCUT2D eigenvalue weighted by Gasteiger charge is 2.24. The average molecular weight is 514 g/mol. The highest BCUT2D eigenvalue weighted by atomic mass is 32.1.